The lowest BCUT2D eigenvalue weighted by atomic mass is 10.2. The molecule has 0 saturated carbocycles. The first-order valence-electron chi connectivity index (χ1n) is 8.46. The van der Waals surface area contributed by atoms with Crippen LogP contribution in [0.25, 0.3) is 11.0 Å². The van der Waals surface area contributed by atoms with E-state index in [0.29, 0.717) is 33.7 Å². The average molecular weight is 407 g/mol. The Labute approximate surface area is 167 Å². The van der Waals surface area contributed by atoms with Crippen LogP contribution in [0.4, 0.5) is 11.6 Å². The molecule has 1 heterocycles. The normalized spacial score (nSPS) is 11.3. The van der Waals surface area contributed by atoms with Gasteiger partial charge in [0.2, 0.25) is 5.95 Å². The molecule has 6 nitrogen and oxygen atoms in total. The monoisotopic (exact) mass is 406 g/mol. The van der Waals surface area contributed by atoms with E-state index >= 15 is 0 Å². The first kappa shape index (κ1) is 19.5. The van der Waals surface area contributed by atoms with Gasteiger partial charge in [-0.15, -0.1) is 0 Å². The average Bonchev–Trinajstić information content (AvgIpc) is 2.94. The zero-order valence-corrected chi connectivity index (χ0v) is 16.6. The van der Waals surface area contributed by atoms with Crippen molar-refractivity contribution in [3.05, 3.63) is 52.0 Å². The number of fused-ring (bicyclic) bond motifs is 1. The van der Waals surface area contributed by atoms with Crippen LogP contribution in [0.3, 0.4) is 0 Å². The lowest BCUT2D eigenvalue weighted by Crippen LogP contribution is -2.15. The highest BCUT2D eigenvalue weighted by Crippen LogP contribution is 2.33. The van der Waals surface area contributed by atoms with Crippen molar-refractivity contribution in [3.8, 4) is 0 Å². The summed E-state index contributed by atoms with van der Waals surface area (Å²) >= 11 is 12.5. The maximum atomic E-state index is 11.3. The van der Waals surface area contributed by atoms with Crippen LogP contribution in [-0.2, 0) is 6.54 Å². The van der Waals surface area contributed by atoms with Crippen molar-refractivity contribution in [2.24, 2.45) is 0 Å². The molecule has 2 N–H and O–H groups in total. The summed E-state index contributed by atoms with van der Waals surface area (Å²) in [6, 6.07) is 10.2. The number of carboxylic acid groups (broad SMARTS) is 1. The number of rotatable bonds is 7. The molecule has 0 fully saturated rings. The third kappa shape index (κ3) is 4.35. The molecule has 8 heteroatoms. The number of aromatic carboxylic acids is 1. The highest BCUT2D eigenvalue weighted by molar-refractivity contribution is 6.39. The van der Waals surface area contributed by atoms with Gasteiger partial charge in [-0.05, 0) is 57.4 Å². The Morgan fingerprint density at radius 2 is 1.93 bits per heavy atom. The van der Waals surface area contributed by atoms with Crippen LogP contribution >= 0.6 is 23.2 Å². The SMILES string of the molecule is CN(C)CCCn1c(Nc2c(Cl)cccc2Cl)nc2cc(C(=O)O)ccc21. The number of halogens is 2. The third-order valence-electron chi connectivity index (χ3n) is 4.18. The topological polar surface area (TPSA) is 70.4 Å². The summed E-state index contributed by atoms with van der Waals surface area (Å²) in [4.78, 5) is 18.0. The highest BCUT2D eigenvalue weighted by atomic mass is 35.5. The summed E-state index contributed by atoms with van der Waals surface area (Å²) < 4.78 is 2.02. The number of hydrogen-bond donors (Lipinski definition) is 2. The van der Waals surface area contributed by atoms with Crippen molar-refractivity contribution in [2.45, 2.75) is 13.0 Å². The lowest BCUT2D eigenvalue weighted by molar-refractivity contribution is 0.0697. The molecular formula is C19H20Cl2N4O2. The molecular weight excluding hydrogens is 387 g/mol. The maximum Gasteiger partial charge on any atom is 0.335 e. The van der Waals surface area contributed by atoms with Crippen molar-refractivity contribution in [3.63, 3.8) is 0 Å². The minimum absolute atomic E-state index is 0.197. The van der Waals surface area contributed by atoms with Gasteiger partial charge in [0.1, 0.15) is 0 Å². The zero-order chi connectivity index (χ0) is 19.6. The molecule has 0 aliphatic carbocycles. The van der Waals surface area contributed by atoms with Gasteiger partial charge in [0, 0.05) is 6.54 Å². The Bertz CT molecular complexity index is 965. The molecule has 3 aromatic rings. The Morgan fingerprint density at radius 3 is 2.56 bits per heavy atom. The second-order valence-electron chi connectivity index (χ2n) is 6.47. The number of benzene rings is 2. The van der Waals surface area contributed by atoms with E-state index in [1.165, 1.54) is 0 Å². The summed E-state index contributed by atoms with van der Waals surface area (Å²) in [7, 11) is 4.04. The molecule has 27 heavy (non-hydrogen) atoms. The number of carboxylic acids is 1. The molecule has 0 radical (unpaired) electrons. The molecule has 0 saturated heterocycles. The molecule has 2 aromatic carbocycles. The third-order valence-corrected chi connectivity index (χ3v) is 4.81. The summed E-state index contributed by atoms with van der Waals surface area (Å²) in [5.74, 6) is -0.413. The Kier molecular flexibility index (Phi) is 5.89. The van der Waals surface area contributed by atoms with Crippen molar-refractivity contribution >= 4 is 51.8 Å². The van der Waals surface area contributed by atoms with Gasteiger partial charge in [-0.3, -0.25) is 0 Å². The standard InChI is InChI=1S/C19H20Cl2N4O2/c1-24(2)9-4-10-25-16-8-7-12(18(26)27)11-15(16)22-19(25)23-17-13(20)5-3-6-14(17)21/h3,5-8,11H,4,9-10H2,1-2H3,(H,22,23)(H,26,27). The number of para-hydroxylation sites is 1. The molecule has 0 unspecified atom stereocenters. The largest absolute Gasteiger partial charge is 0.478 e. The first-order chi connectivity index (χ1) is 12.9. The van der Waals surface area contributed by atoms with Crippen LogP contribution in [0, 0.1) is 0 Å². The Balaban J connectivity index is 2.04. The molecule has 142 valence electrons. The molecule has 0 amide bonds. The summed E-state index contributed by atoms with van der Waals surface area (Å²) in [6.07, 6.45) is 0.907. The summed E-state index contributed by atoms with van der Waals surface area (Å²) in [5.41, 5.74) is 2.22. The molecule has 0 aliphatic heterocycles. The van der Waals surface area contributed by atoms with E-state index in [2.05, 4.69) is 15.2 Å². The Hall–Kier alpha value is -2.28. The number of anilines is 2. The highest BCUT2D eigenvalue weighted by Gasteiger charge is 2.15. The zero-order valence-electron chi connectivity index (χ0n) is 15.0. The van der Waals surface area contributed by atoms with Gasteiger partial charge in [-0.2, -0.15) is 0 Å². The number of nitrogens with zero attached hydrogens (tertiary/aromatic N) is 3. The number of imidazole rings is 1. The van der Waals surface area contributed by atoms with E-state index in [0.717, 1.165) is 18.5 Å². The molecule has 1 aromatic heterocycles. The van der Waals surface area contributed by atoms with Crippen molar-refractivity contribution in [2.75, 3.05) is 26.0 Å². The molecule has 0 aliphatic rings. The fourth-order valence-electron chi connectivity index (χ4n) is 2.86. The number of carbonyl (C=O) groups is 1. The minimum Gasteiger partial charge on any atom is -0.478 e. The second kappa shape index (κ2) is 8.17. The van der Waals surface area contributed by atoms with Crippen LogP contribution in [0.5, 0.6) is 0 Å². The number of aryl methyl sites for hydroxylation is 1. The van der Waals surface area contributed by atoms with Gasteiger partial charge >= 0.3 is 5.97 Å². The predicted molar refractivity (Wildman–Crippen MR) is 110 cm³/mol. The van der Waals surface area contributed by atoms with Gasteiger partial charge in [0.05, 0.1) is 32.3 Å². The van der Waals surface area contributed by atoms with Gasteiger partial charge in [-0.25, -0.2) is 9.78 Å². The van der Waals surface area contributed by atoms with Crippen molar-refractivity contribution in [1.82, 2.24) is 14.5 Å². The molecule has 0 spiro atoms. The van der Waals surface area contributed by atoms with Gasteiger partial charge in [-0.1, -0.05) is 29.3 Å². The lowest BCUT2D eigenvalue weighted by Gasteiger charge is -2.14. The molecule has 0 bridgehead atoms. The van der Waals surface area contributed by atoms with Gasteiger partial charge in [0.15, 0.2) is 0 Å². The number of nitrogens with one attached hydrogen (secondary N) is 1. The minimum atomic E-state index is -0.984. The van der Waals surface area contributed by atoms with Crippen LogP contribution in [0.15, 0.2) is 36.4 Å². The van der Waals surface area contributed by atoms with Gasteiger partial charge < -0.3 is 19.9 Å². The van der Waals surface area contributed by atoms with Crippen LogP contribution in [0.1, 0.15) is 16.8 Å². The fourth-order valence-corrected chi connectivity index (χ4v) is 3.35. The predicted octanol–water partition coefficient (Wildman–Crippen LogP) is 4.74. The van der Waals surface area contributed by atoms with E-state index in [1.807, 2.05) is 18.7 Å². The maximum absolute atomic E-state index is 11.3. The number of aromatic nitrogens is 2. The summed E-state index contributed by atoms with van der Waals surface area (Å²) in [6.45, 7) is 1.63. The van der Waals surface area contributed by atoms with E-state index in [9.17, 15) is 9.90 Å². The fraction of sp³-hybridized carbons (Fsp3) is 0.263. The quantitative estimate of drug-likeness (QED) is 0.592. The summed E-state index contributed by atoms with van der Waals surface area (Å²) in [5, 5.41) is 13.4. The van der Waals surface area contributed by atoms with Crippen LogP contribution in [0.2, 0.25) is 10.0 Å². The van der Waals surface area contributed by atoms with Gasteiger partial charge in [0.25, 0.3) is 0 Å². The Morgan fingerprint density at radius 1 is 1.22 bits per heavy atom. The molecule has 0 atom stereocenters. The van der Waals surface area contributed by atoms with E-state index < -0.39 is 5.97 Å². The van der Waals surface area contributed by atoms with Crippen molar-refractivity contribution in [1.29, 1.82) is 0 Å². The van der Waals surface area contributed by atoms with E-state index in [1.54, 1.807) is 36.4 Å². The molecule has 3 rings (SSSR count). The van der Waals surface area contributed by atoms with Crippen LogP contribution < -0.4 is 5.32 Å². The van der Waals surface area contributed by atoms with E-state index in [4.69, 9.17) is 23.2 Å². The first-order valence-corrected chi connectivity index (χ1v) is 9.21. The van der Waals surface area contributed by atoms with Crippen LogP contribution in [-0.4, -0.2) is 46.2 Å². The second-order valence-corrected chi connectivity index (χ2v) is 7.29. The number of hydrogen-bond acceptors (Lipinski definition) is 4. The van der Waals surface area contributed by atoms with E-state index in [-0.39, 0.29) is 5.56 Å². The smallest absolute Gasteiger partial charge is 0.335 e. The van der Waals surface area contributed by atoms with Crippen molar-refractivity contribution < 1.29 is 9.90 Å².